The molecule has 1 N–H and O–H groups in total. The van der Waals surface area contributed by atoms with E-state index in [0.717, 1.165) is 30.6 Å². The van der Waals surface area contributed by atoms with Crippen LogP contribution in [0.5, 0.6) is 0 Å². The minimum Gasteiger partial charge on any atom is -0.444 e. The molecular weight excluding hydrogens is 458 g/mol. The Bertz CT molecular complexity index is 1100. The second-order valence-electron chi connectivity index (χ2n) is 10.7. The van der Waals surface area contributed by atoms with E-state index in [9.17, 15) is 14.4 Å². The number of benzene rings is 1. The zero-order valence-corrected chi connectivity index (χ0v) is 21.5. The normalized spacial score (nSPS) is 19.1. The standard InChI is InChI=1S/C27H37N5O4/c1-27(2,3)36-26(35)30-14-11-22(12-15-30)29-25(34)21-10-7-13-31(19-21)23-16-24(33)32(28-17-23)18-20-8-5-4-6-9-20/h4-6,8-9,16-17,21-22H,7,10-15,18-19H2,1-3H3,(H,29,34)/t21-/m0/s1. The molecule has 9 heteroatoms. The number of rotatable bonds is 5. The zero-order chi connectivity index (χ0) is 25.7. The summed E-state index contributed by atoms with van der Waals surface area (Å²) in [7, 11) is 0. The van der Waals surface area contributed by atoms with Crippen LogP contribution in [-0.4, -0.2) is 64.5 Å². The summed E-state index contributed by atoms with van der Waals surface area (Å²) in [6.07, 6.45) is 4.54. The average molecular weight is 496 g/mol. The Hall–Kier alpha value is -3.36. The third kappa shape index (κ3) is 6.86. The molecule has 3 heterocycles. The second-order valence-corrected chi connectivity index (χ2v) is 10.7. The van der Waals surface area contributed by atoms with Gasteiger partial charge in [-0.05, 0) is 52.0 Å². The largest absolute Gasteiger partial charge is 0.444 e. The lowest BCUT2D eigenvalue weighted by Crippen LogP contribution is -2.50. The van der Waals surface area contributed by atoms with Gasteiger partial charge in [0.05, 0.1) is 24.3 Å². The van der Waals surface area contributed by atoms with Crippen molar-refractivity contribution in [3.63, 3.8) is 0 Å². The second kappa shape index (κ2) is 11.1. The van der Waals surface area contributed by atoms with E-state index < -0.39 is 5.60 Å². The van der Waals surface area contributed by atoms with Crippen LogP contribution in [0.4, 0.5) is 10.5 Å². The molecule has 2 saturated heterocycles. The lowest BCUT2D eigenvalue weighted by Gasteiger charge is -2.36. The number of piperidine rings is 2. The molecule has 2 aromatic rings. The van der Waals surface area contributed by atoms with Gasteiger partial charge in [-0.3, -0.25) is 9.59 Å². The average Bonchev–Trinajstić information content (AvgIpc) is 2.85. The molecule has 0 spiro atoms. The first-order valence-corrected chi connectivity index (χ1v) is 12.8. The Morgan fingerprint density at radius 2 is 1.81 bits per heavy atom. The highest BCUT2D eigenvalue weighted by Gasteiger charge is 2.31. The highest BCUT2D eigenvalue weighted by molar-refractivity contribution is 5.80. The lowest BCUT2D eigenvalue weighted by molar-refractivity contribution is -0.126. The summed E-state index contributed by atoms with van der Waals surface area (Å²) in [6.45, 7) is 8.50. The van der Waals surface area contributed by atoms with Crippen molar-refractivity contribution in [2.75, 3.05) is 31.1 Å². The maximum atomic E-state index is 13.0. The molecule has 4 rings (SSSR count). The third-order valence-electron chi connectivity index (χ3n) is 6.68. The summed E-state index contributed by atoms with van der Waals surface area (Å²) >= 11 is 0. The fourth-order valence-electron chi connectivity index (χ4n) is 4.75. The van der Waals surface area contributed by atoms with Gasteiger partial charge in [-0.2, -0.15) is 5.10 Å². The first-order valence-electron chi connectivity index (χ1n) is 12.8. The minimum atomic E-state index is -0.516. The van der Waals surface area contributed by atoms with Gasteiger partial charge in [-0.15, -0.1) is 0 Å². The third-order valence-corrected chi connectivity index (χ3v) is 6.68. The van der Waals surface area contributed by atoms with E-state index in [4.69, 9.17) is 4.74 Å². The van der Waals surface area contributed by atoms with Crippen molar-refractivity contribution in [2.45, 2.75) is 64.6 Å². The van der Waals surface area contributed by atoms with E-state index in [0.29, 0.717) is 39.0 Å². The van der Waals surface area contributed by atoms with E-state index in [1.54, 1.807) is 17.2 Å². The first-order chi connectivity index (χ1) is 17.2. The zero-order valence-electron chi connectivity index (χ0n) is 21.5. The van der Waals surface area contributed by atoms with Crippen molar-refractivity contribution < 1.29 is 14.3 Å². The quantitative estimate of drug-likeness (QED) is 0.685. The monoisotopic (exact) mass is 495 g/mol. The molecule has 2 fully saturated rings. The molecule has 1 atom stereocenters. The number of anilines is 1. The molecule has 194 valence electrons. The Morgan fingerprint density at radius 3 is 2.47 bits per heavy atom. The van der Waals surface area contributed by atoms with Crippen LogP contribution in [0.2, 0.25) is 0 Å². The van der Waals surface area contributed by atoms with Crippen molar-refractivity contribution in [3.8, 4) is 0 Å². The summed E-state index contributed by atoms with van der Waals surface area (Å²) in [5.41, 5.74) is 1.11. The van der Waals surface area contributed by atoms with Crippen LogP contribution in [0.15, 0.2) is 47.4 Å². The first kappa shape index (κ1) is 25.7. The van der Waals surface area contributed by atoms with Crippen molar-refractivity contribution in [1.29, 1.82) is 0 Å². The van der Waals surface area contributed by atoms with Crippen molar-refractivity contribution in [3.05, 3.63) is 58.5 Å². The molecule has 0 bridgehead atoms. The summed E-state index contributed by atoms with van der Waals surface area (Å²) < 4.78 is 6.91. The topological polar surface area (TPSA) is 96.8 Å². The molecule has 2 aliphatic rings. The lowest BCUT2D eigenvalue weighted by atomic mass is 9.95. The molecule has 2 aliphatic heterocycles. The predicted octanol–water partition coefficient (Wildman–Crippen LogP) is 3.02. The number of aromatic nitrogens is 2. The number of hydrogen-bond donors (Lipinski definition) is 1. The maximum absolute atomic E-state index is 13.0. The molecule has 0 saturated carbocycles. The van der Waals surface area contributed by atoms with E-state index in [-0.39, 0.29) is 29.5 Å². The van der Waals surface area contributed by atoms with Crippen LogP contribution in [-0.2, 0) is 16.1 Å². The smallest absolute Gasteiger partial charge is 0.410 e. The number of amides is 2. The summed E-state index contributed by atoms with van der Waals surface area (Å²) in [4.78, 5) is 41.8. The van der Waals surface area contributed by atoms with Crippen LogP contribution in [0.25, 0.3) is 0 Å². The van der Waals surface area contributed by atoms with E-state index in [1.807, 2.05) is 51.1 Å². The van der Waals surface area contributed by atoms with Gasteiger partial charge in [0.25, 0.3) is 5.56 Å². The fraction of sp³-hybridized carbons (Fsp3) is 0.556. The van der Waals surface area contributed by atoms with Gasteiger partial charge in [-0.25, -0.2) is 9.48 Å². The van der Waals surface area contributed by atoms with Gasteiger partial charge in [-0.1, -0.05) is 30.3 Å². The Morgan fingerprint density at radius 1 is 1.08 bits per heavy atom. The van der Waals surface area contributed by atoms with Crippen LogP contribution in [0, 0.1) is 5.92 Å². The Labute approximate surface area is 212 Å². The summed E-state index contributed by atoms with van der Waals surface area (Å²) in [6, 6.07) is 11.4. The number of likely N-dealkylation sites (tertiary alicyclic amines) is 1. The van der Waals surface area contributed by atoms with E-state index >= 15 is 0 Å². The summed E-state index contributed by atoms with van der Waals surface area (Å²) in [5.74, 6) is -0.102. The Balaban J connectivity index is 1.29. The predicted molar refractivity (Wildman–Crippen MR) is 138 cm³/mol. The van der Waals surface area contributed by atoms with Crippen molar-refractivity contribution >= 4 is 17.7 Å². The summed E-state index contributed by atoms with van der Waals surface area (Å²) in [5, 5.41) is 7.57. The molecule has 0 unspecified atom stereocenters. The maximum Gasteiger partial charge on any atom is 0.410 e. The minimum absolute atomic E-state index is 0.0424. The SMILES string of the molecule is CC(C)(C)OC(=O)N1CCC(NC(=O)[C@H]2CCCN(c3cnn(Cc4ccccc4)c(=O)c3)C2)CC1. The molecule has 1 aromatic heterocycles. The molecular formula is C27H37N5O4. The van der Waals surface area contributed by atoms with E-state index in [2.05, 4.69) is 15.3 Å². The van der Waals surface area contributed by atoms with E-state index in [1.165, 1.54) is 4.68 Å². The van der Waals surface area contributed by atoms with Gasteiger partial charge < -0.3 is 19.9 Å². The van der Waals surface area contributed by atoms with Gasteiger partial charge in [0.15, 0.2) is 0 Å². The van der Waals surface area contributed by atoms with Gasteiger partial charge in [0.2, 0.25) is 5.91 Å². The number of hydrogen-bond acceptors (Lipinski definition) is 6. The molecule has 1 aromatic carbocycles. The van der Waals surface area contributed by atoms with Crippen molar-refractivity contribution in [2.24, 2.45) is 5.92 Å². The van der Waals surface area contributed by atoms with Crippen LogP contribution in [0.3, 0.4) is 0 Å². The fourth-order valence-corrected chi connectivity index (χ4v) is 4.75. The number of nitrogens with zero attached hydrogens (tertiary/aromatic N) is 4. The molecule has 0 radical (unpaired) electrons. The van der Waals surface area contributed by atoms with Gasteiger partial charge >= 0.3 is 6.09 Å². The number of carbonyl (C=O) groups excluding carboxylic acids is 2. The number of carbonyl (C=O) groups is 2. The van der Waals surface area contributed by atoms with Crippen LogP contribution in [0.1, 0.15) is 52.0 Å². The highest BCUT2D eigenvalue weighted by Crippen LogP contribution is 2.23. The van der Waals surface area contributed by atoms with Crippen molar-refractivity contribution in [1.82, 2.24) is 20.0 Å². The van der Waals surface area contributed by atoms with Crippen LogP contribution < -0.4 is 15.8 Å². The molecule has 36 heavy (non-hydrogen) atoms. The number of ether oxygens (including phenoxy) is 1. The molecule has 9 nitrogen and oxygen atoms in total. The van der Waals surface area contributed by atoms with Gasteiger partial charge in [0.1, 0.15) is 5.60 Å². The Kier molecular flexibility index (Phi) is 7.96. The van der Waals surface area contributed by atoms with Gasteiger partial charge in [0, 0.05) is 38.3 Å². The molecule has 0 aliphatic carbocycles. The number of nitrogens with one attached hydrogen (secondary N) is 1. The highest BCUT2D eigenvalue weighted by atomic mass is 16.6. The molecule has 2 amide bonds. The van der Waals surface area contributed by atoms with Crippen LogP contribution >= 0.6 is 0 Å².